The molecule has 0 bridgehead atoms. The van der Waals surface area contributed by atoms with Crippen molar-refractivity contribution in [3.8, 4) is 11.3 Å². The highest BCUT2D eigenvalue weighted by molar-refractivity contribution is 9.10. The number of nitrogen functional groups attached to an aromatic ring is 1. The van der Waals surface area contributed by atoms with Gasteiger partial charge in [0.05, 0.1) is 13.2 Å². The largest absolute Gasteiger partial charge is 0.378 e. The van der Waals surface area contributed by atoms with E-state index in [4.69, 9.17) is 20.4 Å². The van der Waals surface area contributed by atoms with E-state index in [0.29, 0.717) is 35.1 Å². The van der Waals surface area contributed by atoms with Crippen molar-refractivity contribution in [2.75, 3.05) is 36.9 Å². The van der Waals surface area contributed by atoms with Gasteiger partial charge >= 0.3 is 0 Å². The molecule has 0 unspecified atom stereocenters. The van der Waals surface area contributed by atoms with E-state index in [2.05, 4.69) is 49.6 Å². The van der Waals surface area contributed by atoms with Gasteiger partial charge in [-0.05, 0) is 29.8 Å². The fraction of sp³-hybridized carbons (Fsp3) is 0.438. The molecule has 1 fully saturated rings. The van der Waals surface area contributed by atoms with Crippen LogP contribution in [-0.4, -0.2) is 55.8 Å². The van der Waals surface area contributed by atoms with Crippen molar-refractivity contribution < 1.29 is 4.74 Å². The Bertz CT molecular complexity index is 934. The fourth-order valence-electron chi connectivity index (χ4n) is 2.96. The zero-order chi connectivity index (χ0) is 18.3. The van der Waals surface area contributed by atoms with E-state index in [1.54, 1.807) is 12.4 Å². The highest BCUT2D eigenvalue weighted by Gasteiger charge is 2.23. The first-order valence-electron chi connectivity index (χ1n) is 8.40. The maximum Gasteiger partial charge on any atom is 0.228 e. The molecule has 9 nitrogen and oxygen atoms in total. The maximum absolute atomic E-state index is 5.63. The average Bonchev–Trinajstić information content (AvgIpc) is 2.98. The second-order valence-corrected chi connectivity index (χ2v) is 7.03. The van der Waals surface area contributed by atoms with Crippen molar-refractivity contribution in [1.82, 2.24) is 29.5 Å². The highest BCUT2D eigenvalue weighted by atomic mass is 79.9. The van der Waals surface area contributed by atoms with Crippen molar-refractivity contribution in [3.63, 3.8) is 0 Å². The lowest BCUT2D eigenvalue weighted by Gasteiger charge is -2.27. The van der Waals surface area contributed by atoms with Gasteiger partial charge in [0.15, 0.2) is 10.4 Å². The van der Waals surface area contributed by atoms with E-state index in [1.165, 1.54) is 0 Å². The minimum absolute atomic E-state index is 0.192. The van der Waals surface area contributed by atoms with Crippen molar-refractivity contribution in [3.05, 3.63) is 17.1 Å². The normalized spacial score (nSPS) is 15.2. The summed E-state index contributed by atoms with van der Waals surface area (Å²) in [5.41, 5.74) is 8.55. The highest BCUT2D eigenvalue weighted by Crippen LogP contribution is 2.31. The van der Waals surface area contributed by atoms with Crippen molar-refractivity contribution in [2.24, 2.45) is 0 Å². The minimum Gasteiger partial charge on any atom is -0.378 e. The Labute approximate surface area is 158 Å². The molecule has 0 spiro atoms. The van der Waals surface area contributed by atoms with Gasteiger partial charge in [0.1, 0.15) is 11.2 Å². The predicted molar refractivity (Wildman–Crippen MR) is 102 cm³/mol. The van der Waals surface area contributed by atoms with Crippen LogP contribution in [0.15, 0.2) is 17.1 Å². The zero-order valence-corrected chi connectivity index (χ0v) is 16.1. The number of rotatable bonds is 3. The standard InChI is InChI=1S/C16H19BrN8O/c1-9(2)25-13-12(21-14(25)17)11(10-7-19-15(18)20-8-10)22-16(23-13)24-3-5-26-6-4-24/h7-9H,3-6H2,1-2H3,(H2,18,19,20). The Balaban J connectivity index is 1.95. The fourth-order valence-corrected chi connectivity index (χ4v) is 3.71. The number of anilines is 2. The molecule has 0 amide bonds. The molecule has 0 saturated carbocycles. The summed E-state index contributed by atoms with van der Waals surface area (Å²) in [6, 6.07) is 0.192. The van der Waals surface area contributed by atoms with Gasteiger partial charge in [0, 0.05) is 37.1 Å². The summed E-state index contributed by atoms with van der Waals surface area (Å²) >= 11 is 3.55. The number of nitrogens with two attached hydrogens (primary N) is 1. The second kappa shape index (κ2) is 6.76. The third-order valence-electron chi connectivity index (χ3n) is 4.24. The summed E-state index contributed by atoms with van der Waals surface area (Å²) < 4.78 is 8.21. The molecule has 3 aromatic rings. The molecule has 136 valence electrons. The molecule has 10 heteroatoms. The van der Waals surface area contributed by atoms with Crippen molar-refractivity contribution >= 4 is 39.0 Å². The third kappa shape index (κ3) is 2.99. The molecule has 26 heavy (non-hydrogen) atoms. The molecule has 0 radical (unpaired) electrons. The molecule has 1 aliphatic rings. The Kier molecular flexibility index (Phi) is 4.45. The first-order chi connectivity index (χ1) is 12.5. The number of hydrogen-bond acceptors (Lipinski definition) is 8. The number of aromatic nitrogens is 6. The third-order valence-corrected chi connectivity index (χ3v) is 4.80. The molecule has 4 heterocycles. The van der Waals surface area contributed by atoms with Gasteiger partial charge in [-0.1, -0.05) is 0 Å². The monoisotopic (exact) mass is 418 g/mol. The lowest BCUT2D eigenvalue weighted by molar-refractivity contribution is 0.122. The van der Waals surface area contributed by atoms with Gasteiger partial charge in [-0.15, -0.1) is 0 Å². The average molecular weight is 419 g/mol. The van der Waals surface area contributed by atoms with E-state index < -0.39 is 0 Å². The molecular formula is C16H19BrN8O. The van der Waals surface area contributed by atoms with Gasteiger partial charge in [0.2, 0.25) is 11.9 Å². The molecule has 1 saturated heterocycles. The van der Waals surface area contributed by atoms with Crippen LogP contribution < -0.4 is 10.6 Å². The predicted octanol–water partition coefficient (Wildman–Crippen LogP) is 2.05. The number of ether oxygens (including phenoxy) is 1. The molecule has 2 N–H and O–H groups in total. The van der Waals surface area contributed by atoms with Gasteiger partial charge in [0.25, 0.3) is 0 Å². The summed E-state index contributed by atoms with van der Waals surface area (Å²) in [5.74, 6) is 0.878. The quantitative estimate of drug-likeness (QED) is 0.643. The van der Waals surface area contributed by atoms with Crippen LogP contribution in [-0.2, 0) is 4.74 Å². The van der Waals surface area contributed by atoms with Gasteiger partial charge in [-0.25, -0.2) is 19.9 Å². The van der Waals surface area contributed by atoms with Gasteiger partial charge in [-0.2, -0.15) is 4.98 Å². The van der Waals surface area contributed by atoms with Crippen molar-refractivity contribution in [1.29, 1.82) is 0 Å². The lowest BCUT2D eigenvalue weighted by atomic mass is 10.2. The van der Waals surface area contributed by atoms with Gasteiger partial charge in [-0.3, -0.25) is 0 Å². The van der Waals surface area contributed by atoms with E-state index in [-0.39, 0.29) is 12.0 Å². The summed E-state index contributed by atoms with van der Waals surface area (Å²) in [5, 5.41) is 0. The molecule has 0 aromatic carbocycles. The number of imidazole rings is 1. The molecule has 4 rings (SSSR count). The van der Waals surface area contributed by atoms with E-state index in [0.717, 1.165) is 24.3 Å². The topological polar surface area (TPSA) is 108 Å². The number of morpholine rings is 1. The van der Waals surface area contributed by atoms with Crippen LogP contribution in [0.25, 0.3) is 22.4 Å². The molecule has 3 aromatic heterocycles. The summed E-state index contributed by atoms with van der Waals surface area (Å²) in [4.78, 5) is 24.5. The van der Waals surface area contributed by atoms with E-state index in [9.17, 15) is 0 Å². The van der Waals surface area contributed by atoms with Crippen LogP contribution in [0.4, 0.5) is 11.9 Å². The van der Waals surface area contributed by atoms with Crippen LogP contribution in [0.1, 0.15) is 19.9 Å². The van der Waals surface area contributed by atoms with E-state index in [1.807, 2.05) is 4.57 Å². The summed E-state index contributed by atoms with van der Waals surface area (Å²) in [6.45, 7) is 7.01. The maximum atomic E-state index is 5.63. The molecule has 0 atom stereocenters. The second-order valence-electron chi connectivity index (χ2n) is 6.32. The minimum atomic E-state index is 0.192. The Morgan fingerprint density at radius 1 is 1.12 bits per heavy atom. The van der Waals surface area contributed by atoms with Crippen LogP contribution in [0.2, 0.25) is 0 Å². The van der Waals surface area contributed by atoms with Crippen LogP contribution in [0, 0.1) is 0 Å². The summed E-state index contributed by atoms with van der Waals surface area (Å²) in [7, 11) is 0. The van der Waals surface area contributed by atoms with Crippen LogP contribution in [0.3, 0.4) is 0 Å². The van der Waals surface area contributed by atoms with E-state index >= 15 is 0 Å². The van der Waals surface area contributed by atoms with Crippen molar-refractivity contribution in [2.45, 2.75) is 19.9 Å². The SMILES string of the molecule is CC(C)n1c(Br)nc2c(-c3cnc(N)nc3)nc(N3CCOCC3)nc21. The first-order valence-corrected chi connectivity index (χ1v) is 9.20. The Morgan fingerprint density at radius 2 is 1.81 bits per heavy atom. The lowest BCUT2D eigenvalue weighted by Crippen LogP contribution is -2.37. The zero-order valence-electron chi connectivity index (χ0n) is 14.6. The number of halogens is 1. The summed E-state index contributed by atoms with van der Waals surface area (Å²) in [6.07, 6.45) is 3.32. The first kappa shape index (κ1) is 17.1. The van der Waals surface area contributed by atoms with Crippen LogP contribution in [0.5, 0.6) is 0 Å². The van der Waals surface area contributed by atoms with Crippen LogP contribution >= 0.6 is 15.9 Å². The number of hydrogen-bond donors (Lipinski definition) is 1. The van der Waals surface area contributed by atoms with Gasteiger partial charge < -0.3 is 19.9 Å². The number of fused-ring (bicyclic) bond motifs is 1. The molecule has 0 aliphatic carbocycles. The molecule has 1 aliphatic heterocycles. The Hall–Kier alpha value is -2.33. The Morgan fingerprint density at radius 3 is 2.46 bits per heavy atom. The molecular weight excluding hydrogens is 400 g/mol. The smallest absolute Gasteiger partial charge is 0.228 e. The number of nitrogens with zero attached hydrogens (tertiary/aromatic N) is 7.